The molecule has 1 unspecified atom stereocenters. The van der Waals surface area contributed by atoms with E-state index in [1.54, 1.807) is 26.0 Å². The van der Waals surface area contributed by atoms with Gasteiger partial charge in [-0.25, -0.2) is 9.78 Å². The minimum atomic E-state index is -5.00. The number of hydrogen-bond acceptors (Lipinski definition) is 5. The summed E-state index contributed by atoms with van der Waals surface area (Å²) in [6.07, 6.45) is -4.92. The van der Waals surface area contributed by atoms with Gasteiger partial charge < -0.3 is 20.7 Å². The number of fused-ring (bicyclic) bond motifs is 1. The molecule has 0 bridgehead atoms. The molecule has 3 rings (SSSR count). The van der Waals surface area contributed by atoms with Gasteiger partial charge in [-0.05, 0) is 47.7 Å². The van der Waals surface area contributed by atoms with Gasteiger partial charge >= 0.3 is 12.1 Å². The molecular weight excluding hydrogens is 461 g/mol. The number of aromatic carboxylic acids is 1. The molecule has 0 aliphatic carbocycles. The number of nitrogens with zero attached hydrogens (tertiary/aromatic N) is 1. The fourth-order valence-corrected chi connectivity index (χ4v) is 4.33. The third kappa shape index (κ3) is 5.42. The molecule has 6 nitrogen and oxygen atoms in total. The third-order valence-electron chi connectivity index (χ3n) is 5.56. The lowest BCUT2D eigenvalue weighted by molar-refractivity contribution is -0.266. The molecule has 0 saturated carbocycles. The highest BCUT2D eigenvalue weighted by Crippen LogP contribution is 2.48. The number of nitrogens with two attached hydrogens (primary N) is 1. The van der Waals surface area contributed by atoms with Gasteiger partial charge in [0.05, 0.1) is 12.3 Å². The number of rotatable bonds is 7. The number of alkyl halides is 3. The number of ether oxygens (including phenoxy) is 1. The van der Waals surface area contributed by atoms with Crippen molar-refractivity contribution in [3.05, 3.63) is 63.6 Å². The van der Waals surface area contributed by atoms with Gasteiger partial charge in [-0.15, -0.1) is 0 Å². The van der Waals surface area contributed by atoms with Gasteiger partial charge in [-0.1, -0.05) is 31.5 Å². The normalized spacial score (nSPS) is 16.2. The van der Waals surface area contributed by atoms with Crippen LogP contribution in [-0.2, 0) is 11.8 Å². The minimum absolute atomic E-state index is 0.0669. The summed E-state index contributed by atoms with van der Waals surface area (Å²) >= 11 is 6.19. The number of hydrogen-bond donors (Lipinski definition) is 3. The Balaban J connectivity index is 1.94. The van der Waals surface area contributed by atoms with Gasteiger partial charge in [-0.3, -0.25) is 0 Å². The van der Waals surface area contributed by atoms with Crippen LogP contribution in [-0.4, -0.2) is 39.6 Å². The average Bonchev–Trinajstić information content (AvgIpc) is 3.14. The van der Waals surface area contributed by atoms with E-state index in [-0.39, 0.29) is 17.1 Å². The fraction of sp³-hybridized carbons (Fsp3) is 0.391. The summed E-state index contributed by atoms with van der Waals surface area (Å²) in [6, 6.07) is 7.33. The van der Waals surface area contributed by atoms with Gasteiger partial charge in [0.1, 0.15) is 11.4 Å². The van der Waals surface area contributed by atoms with Crippen LogP contribution in [0.5, 0.6) is 5.75 Å². The second-order valence-corrected chi connectivity index (χ2v) is 9.22. The Bertz CT molecular complexity index is 1100. The zero-order valence-electron chi connectivity index (χ0n) is 18.0. The van der Waals surface area contributed by atoms with Crippen molar-refractivity contribution in [2.75, 3.05) is 6.61 Å². The number of pyridine rings is 1. The maximum absolute atomic E-state index is 14.1. The van der Waals surface area contributed by atoms with Gasteiger partial charge in [0, 0.05) is 29.1 Å². The first-order valence-electron chi connectivity index (χ1n) is 10.1. The molecule has 10 heteroatoms. The maximum atomic E-state index is 14.1. The number of aliphatic hydroxyl groups is 1. The molecule has 0 saturated heterocycles. The monoisotopic (exact) mass is 484 g/mol. The lowest BCUT2D eigenvalue weighted by atomic mass is 9.72. The van der Waals surface area contributed by atoms with E-state index in [9.17, 15) is 23.1 Å². The van der Waals surface area contributed by atoms with Crippen molar-refractivity contribution in [3.63, 3.8) is 0 Å². The molecule has 33 heavy (non-hydrogen) atoms. The third-order valence-corrected chi connectivity index (χ3v) is 5.78. The zero-order chi connectivity index (χ0) is 24.6. The van der Waals surface area contributed by atoms with E-state index in [0.29, 0.717) is 29.4 Å². The highest BCUT2D eigenvalue weighted by atomic mass is 35.5. The largest absolute Gasteiger partial charge is 0.493 e. The molecule has 1 atom stereocenters. The summed E-state index contributed by atoms with van der Waals surface area (Å²) in [5, 5.41) is 20.2. The quantitative estimate of drug-likeness (QED) is 0.525. The molecule has 0 radical (unpaired) electrons. The number of carboxylic acids is 1. The van der Waals surface area contributed by atoms with E-state index >= 15 is 0 Å². The van der Waals surface area contributed by atoms with Crippen molar-refractivity contribution in [3.8, 4) is 5.75 Å². The maximum Gasteiger partial charge on any atom is 0.417 e. The van der Waals surface area contributed by atoms with E-state index < -0.39 is 36.0 Å². The molecule has 1 aromatic carbocycles. The Morgan fingerprint density at radius 3 is 2.64 bits per heavy atom. The van der Waals surface area contributed by atoms with Crippen LogP contribution in [0.4, 0.5) is 13.2 Å². The molecule has 2 heterocycles. The molecule has 0 amide bonds. The van der Waals surface area contributed by atoms with Gasteiger partial charge in [0.2, 0.25) is 0 Å². The number of carboxylic acid groups (broad SMARTS) is 1. The SMILES string of the molecule is CC(C)(CC(O)(C/C(N)=C/c1cccc(C(=O)O)n1)C(F)(F)F)c1cc(Cl)cc2c1OCC2. The van der Waals surface area contributed by atoms with Crippen LogP contribution < -0.4 is 10.5 Å². The van der Waals surface area contributed by atoms with E-state index in [1.165, 1.54) is 18.2 Å². The molecule has 1 aliphatic rings. The first-order valence-corrected chi connectivity index (χ1v) is 10.5. The topological polar surface area (TPSA) is 106 Å². The Hall–Kier alpha value is -2.78. The Morgan fingerprint density at radius 2 is 2.00 bits per heavy atom. The van der Waals surface area contributed by atoms with E-state index in [1.807, 2.05) is 0 Å². The number of benzene rings is 1. The first kappa shape index (κ1) is 24.9. The Kier molecular flexibility index (Phi) is 6.68. The number of aromatic nitrogens is 1. The van der Waals surface area contributed by atoms with Crippen LogP contribution >= 0.6 is 11.6 Å². The van der Waals surface area contributed by atoms with E-state index in [4.69, 9.17) is 27.2 Å². The number of carbonyl (C=O) groups is 1. The molecule has 1 aromatic heterocycles. The highest BCUT2D eigenvalue weighted by molar-refractivity contribution is 6.30. The Labute approximate surface area is 193 Å². The van der Waals surface area contributed by atoms with Gasteiger partial charge in [0.15, 0.2) is 5.60 Å². The molecule has 178 valence electrons. The van der Waals surface area contributed by atoms with Crippen LogP contribution in [0.1, 0.15) is 54.0 Å². The summed E-state index contributed by atoms with van der Waals surface area (Å²) in [4.78, 5) is 14.9. The molecule has 0 fully saturated rings. The molecule has 0 spiro atoms. The Morgan fingerprint density at radius 1 is 1.30 bits per heavy atom. The average molecular weight is 485 g/mol. The van der Waals surface area contributed by atoms with Crippen molar-refractivity contribution in [1.29, 1.82) is 0 Å². The van der Waals surface area contributed by atoms with Crippen LogP contribution in [0.3, 0.4) is 0 Å². The van der Waals surface area contributed by atoms with E-state index in [0.717, 1.165) is 11.6 Å². The molecule has 4 N–H and O–H groups in total. The predicted molar refractivity (Wildman–Crippen MR) is 117 cm³/mol. The predicted octanol–water partition coefficient (Wildman–Crippen LogP) is 4.72. The van der Waals surface area contributed by atoms with Crippen LogP contribution in [0.2, 0.25) is 5.02 Å². The van der Waals surface area contributed by atoms with Crippen molar-refractivity contribution in [2.24, 2.45) is 5.73 Å². The molecular formula is C23H24ClF3N2O4. The first-order chi connectivity index (χ1) is 15.2. The van der Waals surface area contributed by atoms with Crippen LogP contribution in [0.15, 0.2) is 36.0 Å². The van der Waals surface area contributed by atoms with Crippen molar-refractivity contribution < 1.29 is 32.9 Å². The standard InChI is InChI=1S/C23H24ClF3N2O4/c1-21(2,17-9-14(24)8-13-6-7-33-19(13)17)12-22(32,23(25,26)27)11-15(28)10-16-4-3-5-18(29-16)20(30)31/h3-5,8-10,32H,6-7,11-12,28H2,1-2H3,(H,30,31)/b15-10-. The zero-order valence-corrected chi connectivity index (χ0v) is 18.8. The summed E-state index contributed by atoms with van der Waals surface area (Å²) < 4.78 is 47.9. The minimum Gasteiger partial charge on any atom is -0.493 e. The van der Waals surface area contributed by atoms with Gasteiger partial charge in [0.25, 0.3) is 0 Å². The summed E-state index contributed by atoms with van der Waals surface area (Å²) in [5.74, 6) is -0.791. The number of halogens is 4. The summed E-state index contributed by atoms with van der Waals surface area (Å²) in [5.41, 5.74) is 2.28. The van der Waals surface area contributed by atoms with Crippen molar-refractivity contribution in [1.82, 2.24) is 4.98 Å². The van der Waals surface area contributed by atoms with Crippen LogP contribution in [0, 0.1) is 0 Å². The second-order valence-electron chi connectivity index (χ2n) is 8.78. The van der Waals surface area contributed by atoms with Gasteiger partial charge in [-0.2, -0.15) is 13.2 Å². The molecule has 1 aliphatic heterocycles. The van der Waals surface area contributed by atoms with Crippen molar-refractivity contribution in [2.45, 2.75) is 50.3 Å². The lowest BCUT2D eigenvalue weighted by Gasteiger charge is -2.38. The summed E-state index contributed by atoms with van der Waals surface area (Å²) in [7, 11) is 0. The smallest absolute Gasteiger partial charge is 0.417 e. The second kappa shape index (κ2) is 8.87. The summed E-state index contributed by atoms with van der Waals surface area (Å²) in [6.45, 7) is 3.56. The lowest BCUT2D eigenvalue weighted by Crippen LogP contribution is -2.50. The van der Waals surface area contributed by atoms with E-state index in [2.05, 4.69) is 4.98 Å². The highest BCUT2D eigenvalue weighted by Gasteiger charge is 2.56. The fourth-order valence-electron chi connectivity index (χ4n) is 4.09. The van der Waals surface area contributed by atoms with Crippen LogP contribution in [0.25, 0.3) is 6.08 Å². The molecule has 2 aromatic rings. The van der Waals surface area contributed by atoms with Crippen molar-refractivity contribution >= 4 is 23.6 Å².